The maximum atomic E-state index is 3.19. The van der Waals surface area contributed by atoms with Gasteiger partial charge >= 0.3 is 0 Å². The summed E-state index contributed by atoms with van der Waals surface area (Å²) in [5, 5.41) is 3.19. The van der Waals surface area contributed by atoms with Crippen molar-refractivity contribution in [2.75, 3.05) is 53.4 Å². The Hall–Kier alpha value is -0.120. The molecule has 1 heterocycles. The number of rotatable bonds is 5. The number of likely N-dealkylation sites (N-methyl/N-ethyl adjacent to an activating group) is 1. The maximum absolute atomic E-state index is 3.19. The van der Waals surface area contributed by atoms with E-state index in [1.165, 1.54) is 45.6 Å². The highest BCUT2D eigenvalue weighted by Crippen LogP contribution is 2.00. The highest BCUT2D eigenvalue weighted by Gasteiger charge is 2.12. The van der Waals surface area contributed by atoms with E-state index in [1.807, 2.05) is 7.05 Å². The van der Waals surface area contributed by atoms with E-state index in [4.69, 9.17) is 0 Å². The fraction of sp³-hybridized carbons (Fsp3) is 1.00. The van der Waals surface area contributed by atoms with Crippen molar-refractivity contribution >= 4 is 0 Å². The van der Waals surface area contributed by atoms with E-state index in [9.17, 15) is 0 Å². The second kappa shape index (κ2) is 6.35. The summed E-state index contributed by atoms with van der Waals surface area (Å²) in [7, 11) is 4.23. The van der Waals surface area contributed by atoms with Gasteiger partial charge in [0.2, 0.25) is 0 Å². The zero-order valence-corrected chi connectivity index (χ0v) is 9.05. The van der Waals surface area contributed by atoms with E-state index in [1.54, 1.807) is 0 Å². The van der Waals surface area contributed by atoms with Crippen molar-refractivity contribution in [3.63, 3.8) is 0 Å². The molecule has 1 fully saturated rings. The number of piperazine rings is 1. The molecule has 0 aromatic carbocycles. The minimum Gasteiger partial charge on any atom is -0.320 e. The molecule has 3 heteroatoms. The summed E-state index contributed by atoms with van der Waals surface area (Å²) in [5.74, 6) is 0. The van der Waals surface area contributed by atoms with Crippen LogP contribution in [0.25, 0.3) is 0 Å². The molecule has 1 rings (SSSR count). The smallest absolute Gasteiger partial charge is 0.0110 e. The van der Waals surface area contributed by atoms with Gasteiger partial charge in [0, 0.05) is 26.2 Å². The number of nitrogens with one attached hydrogen (secondary N) is 1. The molecule has 0 radical (unpaired) electrons. The lowest BCUT2D eigenvalue weighted by molar-refractivity contribution is 0.152. The molecule has 13 heavy (non-hydrogen) atoms. The zero-order valence-electron chi connectivity index (χ0n) is 9.05. The van der Waals surface area contributed by atoms with Gasteiger partial charge in [0.25, 0.3) is 0 Å². The fourth-order valence-electron chi connectivity index (χ4n) is 1.71. The summed E-state index contributed by atoms with van der Waals surface area (Å²) >= 11 is 0. The summed E-state index contributed by atoms with van der Waals surface area (Å²) in [6, 6.07) is 0. The van der Waals surface area contributed by atoms with Crippen LogP contribution >= 0.6 is 0 Å². The number of hydrogen-bond acceptors (Lipinski definition) is 3. The monoisotopic (exact) mass is 185 g/mol. The number of nitrogens with zero attached hydrogens (tertiary/aromatic N) is 2. The third-order valence-corrected chi connectivity index (χ3v) is 2.75. The first kappa shape index (κ1) is 11.0. The Bertz CT molecular complexity index is 119. The molecule has 78 valence electrons. The normalized spacial score (nSPS) is 20.8. The Balaban J connectivity index is 1.96. The maximum Gasteiger partial charge on any atom is 0.0110 e. The first-order valence-corrected chi connectivity index (χ1v) is 5.38. The van der Waals surface area contributed by atoms with E-state index < -0.39 is 0 Å². The Morgan fingerprint density at radius 2 is 1.77 bits per heavy atom. The van der Waals surface area contributed by atoms with Crippen LogP contribution in [-0.4, -0.2) is 63.2 Å². The molecule has 0 aliphatic carbocycles. The fourth-order valence-corrected chi connectivity index (χ4v) is 1.71. The summed E-state index contributed by atoms with van der Waals surface area (Å²) in [6.07, 6.45) is 2.65. The minimum absolute atomic E-state index is 1.16. The molecule has 0 aromatic rings. The van der Waals surface area contributed by atoms with Gasteiger partial charge in [0.15, 0.2) is 0 Å². The lowest BCUT2D eigenvalue weighted by Crippen LogP contribution is -2.44. The van der Waals surface area contributed by atoms with Crippen molar-refractivity contribution in [2.24, 2.45) is 0 Å². The van der Waals surface area contributed by atoms with Gasteiger partial charge in [-0.05, 0) is 40.0 Å². The number of unbranched alkanes of at least 4 members (excludes halogenated alkanes) is 1. The lowest BCUT2D eigenvalue weighted by Gasteiger charge is -2.32. The predicted molar refractivity (Wildman–Crippen MR) is 57.1 cm³/mol. The van der Waals surface area contributed by atoms with E-state index >= 15 is 0 Å². The second-order valence-corrected chi connectivity index (χ2v) is 3.96. The van der Waals surface area contributed by atoms with Crippen LogP contribution in [0.3, 0.4) is 0 Å². The van der Waals surface area contributed by atoms with Gasteiger partial charge in [0.05, 0.1) is 0 Å². The predicted octanol–water partition coefficient (Wildman–Crippen LogP) is 0.233. The first-order chi connectivity index (χ1) is 6.33. The molecule has 0 spiro atoms. The van der Waals surface area contributed by atoms with Crippen LogP contribution in [0.15, 0.2) is 0 Å². The van der Waals surface area contributed by atoms with Crippen LogP contribution in [0, 0.1) is 0 Å². The van der Waals surface area contributed by atoms with Crippen LogP contribution in [0.5, 0.6) is 0 Å². The van der Waals surface area contributed by atoms with Gasteiger partial charge in [-0.1, -0.05) is 0 Å². The average molecular weight is 185 g/mol. The molecule has 3 nitrogen and oxygen atoms in total. The molecular formula is C10H23N3. The van der Waals surface area contributed by atoms with Crippen LogP contribution < -0.4 is 5.32 Å². The Morgan fingerprint density at radius 3 is 2.38 bits per heavy atom. The van der Waals surface area contributed by atoms with Gasteiger partial charge in [-0.25, -0.2) is 0 Å². The van der Waals surface area contributed by atoms with Crippen molar-refractivity contribution in [3.8, 4) is 0 Å². The summed E-state index contributed by atoms with van der Waals surface area (Å²) < 4.78 is 0. The molecule has 1 saturated heterocycles. The van der Waals surface area contributed by atoms with Gasteiger partial charge in [-0.2, -0.15) is 0 Å². The highest BCUT2D eigenvalue weighted by molar-refractivity contribution is 4.68. The van der Waals surface area contributed by atoms with Crippen molar-refractivity contribution in [1.82, 2.24) is 15.1 Å². The lowest BCUT2D eigenvalue weighted by atomic mass is 10.2. The van der Waals surface area contributed by atoms with Gasteiger partial charge in [-0.15, -0.1) is 0 Å². The Morgan fingerprint density at radius 1 is 1.08 bits per heavy atom. The van der Waals surface area contributed by atoms with Gasteiger partial charge in [0.1, 0.15) is 0 Å². The van der Waals surface area contributed by atoms with Crippen molar-refractivity contribution < 1.29 is 0 Å². The largest absolute Gasteiger partial charge is 0.320 e. The first-order valence-electron chi connectivity index (χ1n) is 5.38. The second-order valence-electron chi connectivity index (χ2n) is 3.96. The molecule has 1 aliphatic rings. The SMILES string of the molecule is CNCCCCN1CCN(C)CC1. The van der Waals surface area contributed by atoms with E-state index in [-0.39, 0.29) is 0 Å². The molecule has 0 bridgehead atoms. The van der Waals surface area contributed by atoms with Crippen LogP contribution in [0.1, 0.15) is 12.8 Å². The average Bonchev–Trinajstić information content (AvgIpc) is 2.15. The third kappa shape index (κ3) is 4.60. The summed E-state index contributed by atoms with van der Waals surface area (Å²) in [6.45, 7) is 7.45. The van der Waals surface area contributed by atoms with E-state index in [0.29, 0.717) is 0 Å². The Labute approximate surface area is 82.1 Å². The van der Waals surface area contributed by atoms with Gasteiger partial charge < -0.3 is 15.1 Å². The molecule has 1 aliphatic heterocycles. The van der Waals surface area contributed by atoms with Crippen molar-refractivity contribution in [2.45, 2.75) is 12.8 Å². The van der Waals surface area contributed by atoms with Crippen molar-refractivity contribution in [3.05, 3.63) is 0 Å². The quantitative estimate of drug-likeness (QED) is 0.619. The van der Waals surface area contributed by atoms with E-state index in [0.717, 1.165) is 6.54 Å². The van der Waals surface area contributed by atoms with Crippen molar-refractivity contribution in [1.29, 1.82) is 0 Å². The molecule has 0 unspecified atom stereocenters. The molecular weight excluding hydrogens is 162 g/mol. The molecule has 0 saturated carbocycles. The standard InChI is InChI=1S/C10H23N3/c1-11-5-3-4-6-13-9-7-12(2)8-10-13/h11H,3-10H2,1-2H3. The topological polar surface area (TPSA) is 18.5 Å². The number of hydrogen-bond donors (Lipinski definition) is 1. The summed E-state index contributed by atoms with van der Waals surface area (Å²) in [5.41, 5.74) is 0. The Kier molecular flexibility index (Phi) is 5.35. The van der Waals surface area contributed by atoms with Crippen LogP contribution in [0.4, 0.5) is 0 Å². The molecule has 0 atom stereocenters. The minimum atomic E-state index is 1.16. The third-order valence-electron chi connectivity index (χ3n) is 2.75. The summed E-state index contributed by atoms with van der Waals surface area (Å²) in [4.78, 5) is 4.99. The van der Waals surface area contributed by atoms with Gasteiger partial charge in [-0.3, -0.25) is 0 Å². The van der Waals surface area contributed by atoms with E-state index in [2.05, 4.69) is 22.2 Å². The highest BCUT2D eigenvalue weighted by atomic mass is 15.2. The molecule has 1 N–H and O–H groups in total. The zero-order chi connectivity index (χ0) is 9.52. The molecule has 0 amide bonds. The van der Waals surface area contributed by atoms with Crippen LogP contribution in [-0.2, 0) is 0 Å². The van der Waals surface area contributed by atoms with Crippen LogP contribution in [0.2, 0.25) is 0 Å². The molecule has 0 aromatic heterocycles.